The number of anilines is 6. The Morgan fingerprint density at radius 1 is 0.375 bits per heavy atom. The minimum atomic E-state index is -0.387. The lowest BCUT2D eigenvalue weighted by Gasteiger charge is -2.35. The molecule has 0 atom stereocenters. The Morgan fingerprint density at radius 3 is 1.10 bits per heavy atom. The molecule has 8 aliphatic rings. The molecule has 10 aromatic rings. The van der Waals surface area contributed by atoms with E-state index in [0.717, 1.165) is 253 Å². The maximum absolute atomic E-state index is 11.4. The molecule has 6 aromatic heterocycles. The van der Waals surface area contributed by atoms with E-state index in [1.165, 1.54) is 86.5 Å². The summed E-state index contributed by atoms with van der Waals surface area (Å²) in [4.78, 5) is 145. The number of aromatic amines is 6. The number of aliphatic hydroxyl groups excluding tert-OH is 2. The van der Waals surface area contributed by atoms with Crippen LogP contribution >= 0.6 is 86.9 Å². The Labute approximate surface area is 827 Å². The maximum atomic E-state index is 11.4. The van der Waals surface area contributed by atoms with Gasteiger partial charge < -0.3 is 84.8 Å². The number of allylic oxidation sites excluding steroid dienone is 4. The molecule has 0 saturated carbocycles. The molecule has 6 aliphatic heterocycles. The second kappa shape index (κ2) is 49.6. The number of rotatable bonds is 19. The van der Waals surface area contributed by atoms with Gasteiger partial charge in [-0.05, 0) is 107 Å². The van der Waals surface area contributed by atoms with Crippen molar-refractivity contribution in [3.63, 3.8) is 0 Å². The van der Waals surface area contributed by atoms with Crippen LogP contribution in [0.1, 0.15) is 59.1 Å². The number of hydrogen-bond acceptors (Lipinski definition) is 31. The van der Waals surface area contributed by atoms with E-state index in [-0.39, 0.29) is 49.7 Å². The Hall–Kier alpha value is -11.4. The fraction of sp³-hybridized carbons (Fsp3) is 0.391. The molecule has 2 aliphatic carbocycles. The van der Waals surface area contributed by atoms with Gasteiger partial charge in [-0.1, -0.05) is 95.3 Å². The predicted molar refractivity (Wildman–Crippen MR) is 541 cm³/mol. The lowest BCUT2D eigenvalue weighted by atomic mass is 10.0. The van der Waals surface area contributed by atoms with Crippen LogP contribution < -0.4 is 62.8 Å². The number of nitrogens with zero attached hydrogens (tertiary/aromatic N) is 19. The standard InChI is InChI=1S/C16H19ClN4O2.C16H20N4O2.C15H16Br2N4O2.2C15H19BrN4O2.C15H16ClN5O3/c1-11-6-13(17)7-12(16(11)23)9-20-2-4-21(5-3-20)14-8-15(22)19-10-18-14;1-12-3-2-4-13(16(12)22)10-19-5-7-20(8-6-19)14-9-15(21)18-11-17-14;16-11-5-10(15(23)12(17)6-11)8-20-1-3-21(4-2-20)13-7-14(22)19-9-18-13;16-12-1-2-13(21)11(7-12)9-19-3-5-20(6-4-19)14-8-15(22)18-10-17-14;16-12-3-1-2-11(15(12)22)9-19-4-6-20(7-5-19)13-8-14(21)18-10-17-13;16-12-1-2-13(21(23)24)11(7-12)9-19-3-5-20(6-4-19)14-8-15(22)18-10-17-14/h6-8,10,23H,2-5,9H2,1H3,(H,18,19,22);2-4,9,11,22H,5-8,10H2,1H3,(H,17,18,21);5-7,9,23H,1-4,8H2,(H,18,19,22);7-8,10,21H,1-6,9H2,(H,17,18,22);2,8,10,22H,1,3-7,9H2,(H,17,18,21);1-2,7-8,10H,3-6,9H2,(H,17,18,22). The van der Waals surface area contributed by atoms with Crippen LogP contribution in [0.15, 0.2) is 217 Å². The van der Waals surface area contributed by atoms with Gasteiger partial charge in [0.05, 0.1) is 53.1 Å². The Morgan fingerprint density at radius 2 is 0.721 bits per heavy atom. The monoisotopic (exact) mass is 2160 g/mol. The van der Waals surface area contributed by atoms with Gasteiger partial charge in [0, 0.05) is 298 Å². The summed E-state index contributed by atoms with van der Waals surface area (Å²) in [7, 11) is 0. The zero-order chi connectivity index (χ0) is 96.5. The Kier molecular flexibility index (Phi) is 37.2. The number of H-pyrrole nitrogens is 6. The predicted octanol–water partition coefficient (Wildman–Crippen LogP) is 10.4. The van der Waals surface area contributed by atoms with Gasteiger partial charge >= 0.3 is 0 Å². The summed E-state index contributed by atoms with van der Waals surface area (Å²) in [6.07, 6.45) is 16.1. The fourth-order valence-corrected chi connectivity index (χ4v) is 19.4. The van der Waals surface area contributed by atoms with Gasteiger partial charge in [-0.3, -0.25) is 68.3 Å². The van der Waals surface area contributed by atoms with Gasteiger partial charge in [-0.2, -0.15) is 0 Å². The van der Waals surface area contributed by atoms with E-state index in [1.807, 2.05) is 61.2 Å². The third kappa shape index (κ3) is 29.8. The van der Waals surface area contributed by atoms with E-state index < -0.39 is 0 Å². The highest BCUT2D eigenvalue weighted by Crippen LogP contribution is 2.36. The lowest BCUT2D eigenvalue weighted by molar-refractivity contribution is -0.385. The van der Waals surface area contributed by atoms with Crippen LogP contribution in [0.2, 0.25) is 10.0 Å². The fourth-order valence-electron chi connectivity index (χ4n) is 16.6. The molecule has 18 rings (SSSR count). The summed E-state index contributed by atoms with van der Waals surface area (Å²) in [6.45, 7) is 27.5. The third-order valence-corrected chi connectivity index (χ3v) is 27.1. The van der Waals surface area contributed by atoms with Crippen molar-refractivity contribution in [2.75, 3.05) is 200 Å². The molecule has 0 radical (unpaired) electrons. The number of hydrogen-bond donors (Lipinski definition) is 11. The number of aliphatic hydroxyl groups is 2. The molecule has 6 fully saturated rings. The van der Waals surface area contributed by atoms with E-state index in [1.54, 1.807) is 12.1 Å². The molecule has 6 saturated heterocycles. The summed E-state index contributed by atoms with van der Waals surface area (Å²) in [5.41, 5.74) is 6.23. The molecule has 4 aromatic carbocycles. The molecule has 11 N–H and O–H groups in total. The molecule has 38 nitrogen and oxygen atoms in total. The van der Waals surface area contributed by atoms with Gasteiger partial charge in [0.25, 0.3) is 39.0 Å². The first kappa shape index (κ1) is 102. The first-order valence-corrected chi connectivity index (χ1v) is 48.4. The summed E-state index contributed by atoms with van der Waals surface area (Å²) in [6, 6.07) is 26.9. The number of nitro benzene ring substituents is 1. The molecule has 722 valence electrons. The number of para-hydroxylation sites is 1. The number of nitrogens with one attached hydrogen (secondary N) is 6. The first-order valence-electron chi connectivity index (χ1n) is 44.5. The number of aromatic hydroxyl groups is 3. The second-order valence-corrected chi connectivity index (χ2v) is 38.1. The smallest absolute Gasteiger partial charge is 0.273 e. The molecule has 0 bridgehead atoms. The van der Waals surface area contributed by atoms with Crippen LogP contribution in [0.3, 0.4) is 0 Å². The third-order valence-electron chi connectivity index (χ3n) is 24.2. The van der Waals surface area contributed by atoms with Crippen LogP contribution in [0.5, 0.6) is 17.2 Å². The minimum absolute atomic E-state index is 0.0816. The van der Waals surface area contributed by atoms with E-state index >= 15 is 0 Å². The van der Waals surface area contributed by atoms with Gasteiger partial charge in [0.2, 0.25) is 0 Å². The van der Waals surface area contributed by atoms with Crippen molar-refractivity contribution in [1.82, 2.24) is 89.2 Å². The number of phenols is 3. The van der Waals surface area contributed by atoms with E-state index in [0.29, 0.717) is 99.7 Å². The molecule has 12 heterocycles. The Bertz CT molecular complexity index is 6150. The summed E-state index contributed by atoms with van der Waals surface area (Å²) < 4.78 is 3.67. The number of piperazine rings is 6. The van der Waals surface area contributed by atoms with Gasteiger partial charge in [0.1, 0.15) is 57.9 Å². The second-order valence-electron chi connectivity index (χ2n) is 33.5. The molecule has 0 amide bonds. The summed E-state index contributed by atoms with van der Waals surface area (Å²) >= 11 is 25.8. The molecular weight excluding hydrogens is 2050 g/mol. The molecule has 0 unspecified atom stereocenters. The number of aromatic nitrogens is 12. The number of nitro groups is 1. The number of benzene rings is 4. The molecule has 44 heteroatoms. The maximum Gasteiger partial charge on any atom is 0.273 e. The van der Waals surface area contributed by atoms with Crippen molar-refractivity contribution in [2.24, 2.45) is 0 Å². The molecule has 0 spiro atoms. The number of phenolic OH excluding ortho intramolecular Hbond substituents is 3. The summed E-state index contributed by atoms with van der Waals surface area (Å²) in [5.74, 6) is 6.12. The molecule has 136 heavy (non-hydrogen) atoms. The lowest BCUT2D eigenvalue weighted by Crippen LogP contribution is -2.47. The topological polar surface area (TPSA) is 458 Å². The SMILES string of the molecule is Cc1cc(Cl)cc(CN2CCN(c3cc(=O)[nH]cn3)CC2)c1O.Cc1cccc(CN2CCN(c3cc(=O)[nH]cn3)CC2)c1O.O=c1cc(N2CCN(CC3=C(O)CCC(Br)=C3)CC2)nc[nH]1.O=c1cc(N2CCN(CC3=CCCC(Br)=C3O)CC2)nc[nH]1.O=c1cc(N2CCN(Cc3cc(Br)cc(Br)c3O)CC2)nc[nH]1.O=c1cc(N2CCN(Cc3cc(Cl)ccc3[N+](=O)[O-])CC2)nc[nH]1. The van der Waals surface area contributed by atoms with Crippen molar-refractivity contribution >= 4 is 128 Å². The highest BCUT2D eigenvalue weighted by Gasteiger charge is 2.29. The summed E-state index contributed by atoms with van der Waals surface area (Å²) in [5, 5.41) is 62.8. The van der Waals surface area contributed by atoms with Gasteiger partial charge in [-0.25, -0.2) is 29.9 Å². The Balaban J connectivity index is 0.000000138. The normalized spacial score (nSPS) is 17.2. The van der Waals surface area contributed by atoms with Crippen LogP contribution in [0, 0.1) is 24.0 Å². The van der Waals surface area contributed by atoms with Crippen LogP contribution in [0.25, 0.3) is 0 Å². The van der Waals surface area contributed by atoms with Gasteiger partial charge in [0.15, 0.2) is 0 Å². The first-order chi connectivity index (χ1) is 65.5. The molecular formula is C92H109Br4Cl2N25O13. The number of halogens is 6. The van der Waals surface area contributed by atoms with Crippen molar-refractivity contribution in [3.8, 4) is 17.2 Å². The average molecular weight is 2160 g/mol. The van der Waals surface area contributed by atoms with E-state index in [2.05, 4.69) is 184 Å². The quantitative estimate of drug-likeness (QED) is 0.0265. The largest absolute Gasteiger partial charge is 0.512 e. The van der Waals surface area contributed by atoms with Crippen molar-refractivity contribution < 1.29 is 30.5 Å². The van der Waals surface area contributed by atoms with Crippen LogP contribution in [-0.2, 0) is 26.2 Å². The van der Waals surface area contributed by atoms with Crippen LogP contribution in [-0.4, -0.2) is 290 Å². The van der Waals surface area contributed by atoms with Crippen molar-refractivity contribution in [3.05, 3.63) is 303 Å². The zero-order valence-electron chi connectivity index (χ0n) is 75.2. The highest BCUT2D eigenvalue weighted by atomic mass is 79.9. The highest BCUT2D eigenvalue weighted by molar-refractivity contribution is 9.12. The van der Waals surface area contributed by atoms with Gasteiger partial charge in [-0.15, -0.1) is 0 Å². The van der Waals surface area contributed by atoms with Crippen molar-refractivity contribution in [2.45, 2.75) is 65.7 Å². The minimum Gasteiger partial charge on any atom is -0.512 e. The van der Waals surface area contributed by atoms with E-state index in [4.69, 9.17) is 23.2 Å². The average Bonchev–Trinajstić information content (AvgIpc) is 0.841. The van der Waals surface area contributed by atoms with Crippen molar-refractivity contribution in [1.29, 1.82) is 0 Å². The zero-order valence-corrected chi connectivity index (χ0v) is 83.0. The number of aryl methyl sites for hydroxylation is 2. The van der Waals surface area contributed by atoms with E-state index in [9.17, 15) is 64.4 Å². The van der Waals surface area contributed by atoms with Crippen LogP contribution in [0.4, 0.5) is 40.6 Å².